The molecule has 45 heavy (non-hydrogen) atoms. The van der Waals surface area contributed by atoms with Gasteiger partial charge in [0.15, 0.2) is 5.82 Å². The number of halogens is 3. The molecule has 0 bridgehead atoms. The second kappa shape index (κ2) is 10.6. The van der Waals surface area contributed by atoms with Crippen LogP contribution in [0.2, 0.25) is 0 Å². The molecule has 3 saturated heterocycles. The van der Waals surface area contributed by atoms with Crippen molar-refractivity contribution in [1.82, 2.24) is 19.9 Å². The molecule has 0 unspecified atom stereocenters. The highest BCUT2D eigenvalue weighted by atomic mass is 19.1. The number of ether oxygens (including phenoxy) is 3. The topological polar surface area (TPSA) is 93.1 Å². The van der Waals surface area contributed by atoms with E-state index in [4.69, 9.17) is 25.6 Å². The molecule has 0 spiro atoms. The summed E-state index contributed by atoms with van der Waals surface area (Å²) in [7, 11) is 0. The molecule has 4 aliphatic heterocycles. The van der Waals surface area contributed by atoms with Crippen molar-refractivity contribution in [3.63, 3.8) is 0 Å². The third-order valence-electron chi connectivity index (χ3n) is 9.59. The Balaban J connectivity index is 1.33. The maximum absolute atomic E-state index is 16.9. The standard InChI is InChI=1S/C33H30F3N5O4/c1-2-22-24(35)5-4-18-12-21(42)13-23(25(18)22)28-27(36)29-26-30(41-9-11-43-10-6-20(41)16-44-31(26)37-28)39-32(38-29)45-17-33-7-3-8-40(33)15-19(34)14-33/h1,4-5,12-13,19-20,42H,3,6-11,14-17H2/t19-,20+,33+/m1/s1. The second-order valence-electron chi connectivity index (χ2n) is 12.2. The second-order valence-corrected chi connectivity index (χ2v) is 12.2. The van der Waals surface area contributed by atoms with E-state index >= 15 is 4.39 Å². The lowest BCUT2D eigenvalue weighted by molar-refractivity contribution is 0.107. The summed E-state index contributed by atoms with van der Waals surface area (Å²) in [4.78, 5) is 18.1. The molecule has 0 radical (unpaired) electrons. The zero-order valence-corrected chi connectivity index (χ0v) is 24.4. The summed E-state index contributed by atoms with van der Waals surface area (Å²) < 4.78 is 64.4. The molecule has 6 heterocycles. The van der Waals surface area contributed by atoms with Crippen LogP contribution in [0.5, 0.6) is 17.6 Å². The average Bonchev–Trinajstić information content (AvgIpc) is 3.38. The Morgan fingerprint density at radius 2 is 2.02 bits per heavy atom. The summed E-state index contributed by atoms with van der Waals surface area (Å²) in [5.41, 5.74) is -0.775. The van der Waals surface area contributed by atoms with E-state index in [1.54, 1.807) is 0 Å². The monoisotopic (exact) mass is 617 g/mol. The van der Waals surface area contributed by atoms with Crippen molar-refractivity contribution in [1.29, 1.82) is 0 Å². The van der Waals surface area contributed by atoms with Gasteiger partial charge in [0.1, 0.15) is 53.4 Å². The van der Waals surface area contributed by atoms with Crippen LogP contribution in [-0.2, 0) is 4.74 Å². The first kappa shape index (κ1) is 28.2. The molecule has 0 amide bonds. The van der Waals surface area contributed by atoms with Gasteiger partial charge >= 0.3 is 6.01 Å². The molecule has 2 aromatic carbocycles. The lowest BCUT2D eigenvalue weighted by Gasteiger charge is -2.31. The Morgan fingerprint density at radius 3 is 2.89 bits per heavy atom. The number of pyridine rings is 1. The SMILES string of the molecule is C#Cc1c(F)ccc2cc(O)cc(-c3nc4c5c(nc(OC[C@@]67CCCN6C[C@H](F)C7)nc5c3F)N3CCOCC[C@H]3CO4)c12. The number of aromatic hydroxyl groups is 1. The first-order chi connectivity index (χ1) is 21.8. The third kappa shape index (κ3) is 4.51. The zero-order chi connectivity index (χ0) is 30.9. The van der Waals surface area contributed by atoms with Gasteiger partial charge in [-0.3, -0.25) is 4.90 Å². The van der Waals surface area contributed by atoms with Gasteiger partial charge in [-0.15, -0.1) is 6.42 Å². The quantitative estimate of drug-likeness (QED) is 0.326. The summed E-state index contributed by atoms with van der Waals surface area (Å²) in [6.45, 7) is 2.99. The van der Waals surface area contributed by atoms with Crippen molar-refractivity contribution in [3.05, 3.63) is 41.5 Å². The Bertz CT molecular complexity index is 1900. The van der Waals surface area contributed by atoms with Crippen LogP contribution < -0.4 is 14.4 Å². The van der Waals surface area contributed by atoms with E-state index in [2.05, 4.69) is 20.8 Å². The van der Waals surface area contributed by atoms with Crippen LogP contribution in [0, 0.1) is 24.0 Å². The highest BCUT2D eigenvalue weighted by Gasteiger charge is 2.49. The van der Waals surface area contributed by atoms with Crippen molar-refractivity contribution >= 4 is 27.5 Å². The first-order valence-corrected chi connectivity index (χ1v) is 15.2. The first-order valence-electron chi connectivity index (χ1n) is 15.2. The Kier molecular flexibility index (Phi) is 6.65. The molecule has 3 fully saturated rings. The number of fused-ring (bicyclic) bond motifs is 4. The summed E-state index contributed by atoms with van der Waals surface area (Å²) in [6.07, 6.45) is 7.49. The van der Waals surface area contributed by atoms with E-state index in [1.807, 2.05) is 4.90 Å². The number of phenols is 1. The highest BCUT2D eigenvalue weighted by molar-refractivity contribution is 6.04. The van der Waals surface area contributed by atoms with Crippen LogP contribution in [0.15, 0.2) is 24.3 Å². The third-order valence-corrected chi connectivity index (χ3v) is 9.59. The zero-order valence-electron chi connectivity index (χ0n) is 24.4. The van der Waals surface area contributed by atoms with Gasteiger partial charge < -0.3 is 24.2 Å². The lowest BCUT2D eigenvalue weighted by Crippen LogP contribution is -2.43. The number of anilines is 1. The molecule has 2 aromatic heterocycles. The van der Waals surface area contributed by atoms with Gasteiger partial charge in [0.25, 0.3) is 0 Å². The van der Waals surface area contributed by atoms with Crippen LogP contribution in [0.1, 0.15) is 31.2 Å². The molecule has 1 N–H and O–H groups in total. The van der Waals surface area contributed by atoms with E-state index in [9.17, 15) is 13.9 Å². The van der Waals surface area contributed by atoms with Crippen molar-refractivity contribution in [2.75, 3.05) is 51.0 Å². The minimum Gasteiger partial charge on any atom is -0.508 e. The van der Waals surface area contributed by atoms with E-state index in [1.165, 1.54) is 24.3 Å². The number of phenolic OH excluding ortho intramolecular Hbond substituents is 1. The van der Waals surface area contributed by atoms with Crippen LogP contribution in [0.4, 0.5) is 19.0 Å². The predicted octanol–water partition coefficient (Wildman–Crippen LogP) is 4.75. The Morgan fingerprint density at radius 1 is 1.13 bits per heavy atom. The largest absolute Gasteiger partial charge is 0.508 e. The van der Waals surface area contributed by atoms with Crippen LogP contribution in [0.25, 0.3) is 32.9 Å². The number of rotatable bonds is 4. The van der Waals surface area contributed by atoms with Crippen LogP contribution >= 0.6 is 0 Å². The molecule has 232 valence electrons. The summed E-state index contributed by atoms with van der Waals surface area (Å²) in [5, 5.41) is 11.5. The van der Waals surface area contributed by atoms with Gasteiger partial charge in [-0.2, -0.15) is 9.97 Å². The number of alkyl halides is 1. The summed E-state index contributed by atoms with van der Waals surface area (Å²) in [6, 6.07) is 5.20. The number of benzene rings is 2. The average molecular weight is 618 g/mol. The minimum absolute atomic E-state index is 0.0510. The van der Waals surface area contributed by atoms with E-state index < -0.39 is 23.3 Å². The highest BCUT2D eigenvalue weighted by Crippen LogP contribution is 2.44. The molecule has 0 saturated carbocycles. The smallest absolute Gasteiger partial charge is 0.319 e. The van der Waals surface area contributed by atoms with E-state index in [0.717, 1.165) is 19.4 Å². The van der Waals surface area contributed by atoms with Crippen molar-refractivity contribution in [2.45, 2.75) is 43.4 Å². The lowest BCUT2D eigenvalue weighted by atomic mass is 9.95. The maximum Gasteiger partial charge on any atom is 0.319 e. The van der Waals surface area contributed by atoms with Crippen molar-refractivity contribution in [3.8, 4) is 41.2 Å². The van der Waals surface area contributed by atoms with Gasteiger partial charge in [0.05, 0.1) is 23.8 Å². The normalized spacial score (nSPS) is 24.5. The van der Waals surface area contributed by atoms with Gasteiger partial charge in [-0.1, -0.05) is 12.0 Å². The van der Waals surface area contributed by atoms with E-state index in [-0.39, 0.29) is 70.0 Å². The fourth-order valence-electron chi connectivity index (χ4n) is 7.51. The van der Waals surface area contributed by atoms with Crippen molar-refractivity contribution < 1.29 is 32.5 Å². The molecule has 3 atom stereocenters. The minimum atomic E-state index is -0.936. The van der Waals surface area contributed by atoms with Crippen molar-refractivity contribution in [2.24, 2.45) is 0 Å². The van der Waals surface area contributed by atoms with Gasteiger partial charge in [0.2, 0.25) is 5.88 Å². The molecule has 9 nitrogen and oxygen atoms in total. The van der Waals surface area contributed by atoms with Gasteiger partial charge in [0, 0.05) is 37.1 Å². The summed E-state index contributed by atoms with van der Waals surface area (Å²) >= 11 is 0. The number of hydrogen-bond donors (Lipinski definition) is 1. The number of terminal acetylenes is 1. The molecule has 4 aromatic rings. The fraction of sp³-hybridized carbons (Fsp3) is 0.424. The molecule has 12 heteroatoms. The molecule has 8 rings (SSSR count). The number of hydrogen-bond acceptors (Lipinski definition) is 9. The predicted molar refractivity (Wildman–Crippen MR) is 160 cm³/mol. The molecular weight excluding hydrogens is 587 g/mol. The van der Waals surface area contributed by atoms with E-state index in [0.29, 0.717) is 50.3 Å². The van der Waals surface area contributed by atoms with Crippen LogP contribution in [-0.4, -0.2) is 88.8 Å². The van der Waals surface area contributed by atoms with Gasteiger partial charge in [-0.25, -0.2) is 18.2 Å². The summed E-state index contributed by atoms with van der Waals surface area (Å²) in [5.74, 6) is 1.20. The molecule has 0 aliphatic carbocycles. The number of nitrogens with zero attached hydrogens (tertiary/aromatic N) is 5. The van der Waals surface area contributed by atoms with Gasteiger partial charge in [-0.05, 0) is 49.4 Å². The van der Waals surface area contributed by atoms with Crippen LogP contribution in [0.3, 0.4) is 0 Å². The Labute approximate surface area is 256 Å². The fourth-order valence-corrected chi connectivity index (χ4v) is 7.51. The Hall–Kier alpha value is -4.34. The molecular formula is C33H30F3N5O4. The maximum atomic E-state index is 16.9. The number of aromatic nitrogens is 3. The molecule has 4 aliphatic rings.